The van der Waals surface area contributed by atoms with Gasteiger partial charge in [-0.1, -0.05) is 200 Å². The van der Waals surface area contributed by atoms with E-state index in [0.29, 0.717) is 0 Å². The maximum Gasteiger partial charge on any atom is 0.256 e. The van der Waals surface area contributed by atoms with Gasteiger partial charge in [-0.15, -0.1) is 0 Å². The van der Waals surface area contributed by atoms with Crippen LogP contribution in [-0.4, -0.2) is 20.4 Å². The number of benzene rings is 12. The molecule has 0 N–H and O–H groups in total. The van der Waals surface area contributed by atoms with Gasteiger partial charge < -0.3 is 23.3 Å². The number of anilines is 3. The van der Waals surface area contributed by atoms with Crippen LogP contribution in [0.1, 0.15) is 0 Å². The maximum absolute atomic E-state index is 7.60. The number of hydrogen-bond acceptors (Lipinski definition) is 2. The summed E-state index contributed by atoms with van der Waals surface area (Å²) in [7, 11) is 0. The average molecular weight is 993 g/mol. The zero-order valence-electron chi connectivity index (χ0n) is 42.3. The summed E-state index contributed by atoms with van der Waals surface area (Å²) in [5.41, 5.74) is 21.4. The smallest absolute Gasteiger partial charge is 0.256 e. The molecule has 0 unspecified atom stereocenters. The molecule has 12 aromatic carbocycles. The molecule has 0 amide bonds. The topological polar surface area (TPSA) is 27.3 Å². The Balaban J connectivity index is 1.01. The number of ether oxygens (including phenoxy) is 1. The lowest BCUT2D eigenvalue weighted by atomic mass is 9.34. The molecule has 0 atom stereocenters. The van der Waals surface area contributed by atoms with Crippen molar-refractivity contribution < 1.29 is 4.74 Å². The quantitative estimate of drug-likeness (QED) is 0.155. The van der Waals surface area contributed by atoms with E-state index in [0.717, 1.165) is 101 Å². The third-order valence-electron chi connectivity index (χ3n) is 16.7. The fourth-order valence-corrected chi connectivity index (χ4v) is 13.4. The van der Waals surface area contributed by atoms with Gasteiger partial charge in [-0.2, -0.15) is 0 Å². The van der Waals surface area contributed by atoms with E-state index in [1.165, 1.54) is 48.8 Å². The van der Waals surface area contributed by atoms with Gasteiger partial charge in [0, 0.05) is 78.3 Å². The molecule has 0 aliphatic carbocycles. The summed E-state index contributed by atoms with van der Waals surface area (Å²) < 4.78 is 14.9. The summed E-state index contributed by atoms with van der Waals surface area (Å²) in [5, 5.41) is 7.32. The molecule has 15 aromatic rings. The Morgan fingerprint density at radius 2 is 0.654 bits per heavy atom. The molecule has 0 saturated heterocycles. The van der Waals surface area contributed by atoms with Crippen LogP contribution in [0, 0.1) is 0 Å². The summed E-state index contributed by atoms with van der Waals surface area (Å²) in [6.07, 6.45) is 0. The first-order valence-corrected chi connectivity index (χ1v) is 26.9. The van der Waals surface area contributed by atoms with Crippen LogP contribution in [0.3, 0.4) is 0 Å². The third kappa shape index (κ3) is 6.14. The zero-order chi connectivity index (χ0) is 51.0. The molecule has 2 aliphatic rings. The van der Waals surface area contributed by atoms with Gasteiger partial charge in [0.05, 0.1) is 44.5 Å². The lowest BCUT2D eigenvalue weighted by Gasteiger charge is -2.42. The van der Waals surface area contributed by atoms with Crippen LogP contribution in [0.4, 0.5) is 17.1 Å². The minimum atomic E-state index is -0.180. The van der Waals surface area contributed by atoms with Crippen LogP contribution in [-0.2, 0) is 0 Å². The van der Waals surface area contributed by atoms with Gasteiger partial charge in [0.2, 0.25) is 0 Å². The highest BCUT2D eigenvalue weighted by atomic mass is 16.5. The molecule has 362 valence electrons. The van der Waals surface area contributed by atoms with Crippen molar-refractivity contribution in [3.8, 4) is 50.8 Å². The summed E-state index contributed by atoms with van der Waals surface area (Å²) >= 11 is 0. The second kappa shape index (κ2) is 16.6. The second-order valence-corrected chi connectivity index (χ2v) is 20.8. The number of nitrogens with zero attached hydrogens (tertiary/aromatic N) is 4. The van der Waals surface area contributed by atoms with E-state index < -0.39 is 0 Å². The van der Waals surface area contributed by atoms with E-state index in [4.69, 9.17) is 4.74 Å². The molecule has 3 aromatic heterocycles. The van der Waals surface area contributed by atoms with Crippen LogP contribution in [0.15, 0.2) is 273 Å². The molecule has 0 fully saturated rings. The lowest BCUT2D eigenvalue weighted by Crippen LogP contribution is -2.59. The second-order valence-electron chi connectivity index (χ2n) is 20.8. The van der Waals surface area contributed by atoms with Crippen LogP contribution in [0.5, 0.6) is 11.5 Å². The molecule has 2 aliphatic heterocycles. The van der Waals surface area contributed by atoms with Crippen molar-refractivity contribution in [1.29, 1.82) is 0 Å². The molecule has 5 nitrogen and oxygen atoms in total. The van der Waals surface area contributed by atoms with Gasteiger partial charge in [0.1, 0.15) is 11.5 Å². The van der Waals surface area contributed by atoms with E-state index in [9.17, 15) is 0 Å². The molecular formula is C72H45BN4O. The number of fused-ring (bicyclic) bond motifs is 13. The van der Waals surface area contributed by atoms with Crippen LogP contribution in [0.2, 0.25) is 0 Å². The number of hydrogen-bond donors (Lipinski definition) is 0. The molecule has 0 bridgehead atoms. The predicted molar refractivity (Wildman–Crippen MR) is 326 cm³/mol. The van der Waals surface area contributed by atoms with Crippen LogP contribution >= 0.6 is 0 Å². The van der Waals surface area contributed by atoms with Gasteiger partial charge in [-0.05, 0) is 88.2 Å². The van der Waals surface area contributed by atoms with Gasteiger partial charge in [-0.25, -0.2) is 0 Å². The van der Waals surface area contributed by atoms with Crippen molar-refractivity contribution in [3.63, 3.8) is 0 Å². The molecular weight excluding hydrogens is 948 g/mol. The highest BCUT2D eigenvalue weighted by Gasteiger charge is 2.44. The monoisotopic (exact) mass is 992 g/mol. The van der Waals surface area contributed by atoms with Gasteiger partial charge in [0.25, 0.3) is 6.71 Å². The van der Waals surface area contributed by atoms with E-state index in [1.807, 2.05) is 0 Å². The Bertz CT molecular complexity index is 4750. The maximum atomic E-state index is 7.60. The third-order valence-corrected chi connectivity index (χ3v) is 16.7. The molecule has 0 radical (unpaired) electrons. The first-order chi connectivity index (χ1) is 38.7. The van der Waals surface area contributed by atoms with E-state index in [-0.39, 0.29) is 6.71 Å². The van der Waals surface area contributed by atoms with Crippen molar-refractivity contribution in [2.75, 3.05) is 4.90 Å². The highest BCUT2D eigenvalue weighted by Crippen LogP contribution is 2.51. The van der Waals surface area contributed by atoms with Crippen molar-refractivity contribution in [1.82, 2.24) is 13.7 Å². The van der Waals surface area contributed by atoms with Gasteiger partial charge in [-0.3, -0.25) is 0 Å². The fraction of sp³-hybridized carbons (Fsp3) is 0. The Morgan fingerprint density at radius 3 is 1.12 bits per heavy atom. The van der Waals surface area contributed by atoms with Crippen molar-refractivity contribution >= 4 is 106 Å². The predicted octanol–water partition coefficient (Wildman–Crippen LogP) is 16.7. The normalized spacial score (nSPS) is 12.7. The summed E-state index contributed by atoms with van der Waals surface area (Å²) in [5.74, 6) is 1.68. The van der Waals surface area contributed by atoms with Crippen LogP contribution < -0.4 is 26.0 Å². The van der Waals surface area contributed by atoms with E-state index in [2.05, 4.69) is 292 Å². The average Bonchev–Trinajstić information content (AvgIpc) is 4.24. The summed E-state index contributed by atoms with van der Waals surface area (Å²) in [6.45, 7) is -0.180. The lowest BCUT2D eigenvalue weighted by molar-refractivity contribution is 0.487. The first-order valence-electron chi connectivity index (χ1n) is 26.9. The number of aromatic nitrogens is 3. The molecule has 0 saturated carbocycles. The van der Waals surface area contributed by atoms with Crippen molar-refractivity contribution in [2.45, 2.75) is 0 Å². The van der Waals surface area contributed by atoms with E-state index in [1.54, 1.807) is 0 Å². The van der Waals surface area contributed by atoms with Crippen LogP contribution in [0.25, 0.3) is 105 Å². The minimum Gasteiger partial charge on any atom is -0.458 e. The standard InChI is InChI=1S/C72H45BN4O/c1-3-20-46(21-4-1)51-30-19-31-52(47-22-5-2-6-23-47)72(51)77-67-42-48(74-61-32-13-7-24-53(61)54-25-8-14-33-62(54)74)38-40-59(67)73-60-41-39-49(75-63-34-15-9-26-55(63)56-27-10-16-35-64(56)75)44-69(60)78-70-45-50(43-68(77)71(70)73)76-65-36-17-11-28-57(65)58-29-12-18-37-66(58)76/h1-45H. The van der Waals surface area contributed by atoms with Gasteiger partial charge >= 0.3 is 0 Å². The molecule has 6 heteroatoms. The fourth-order valence-electron chi connectivity index (χ4n) is 13.4. The number of para-hydroxylation sites is 7. The molecule has 0 spiro atoms. The highest BCUT2D eigenvalue weighted by molar-refractivity contribution is 6.99. The molecule has 5 heterocycles. The first kappa shape index (κ1) is 43.0. The van der Waals surface area contributed by atoms with Crippen molar-refractivity contribution in [2.24, 2.45) is 0 Å². The number of rotatable bonds is 6. The Hall–Kier alpha value is -10.3. The summed E-state index contributed by atoms with van der Waals surface area (Å²) in [4.78, 5) is 2.59. The largest absolute Gasteiger partial charge is 0.458 e. The zero-order valence-corrected chi connectivity index (χ0v) is 42.3. The van der Waals surface area contributed by atoms with Gasteiger partial charge in [0.15, 0.2) is 0 Å². The Morgan fingerprint density at radius 1 is 0.282 bits per heavy atom. The van der Waals surface area contributed by atoms with Crippen molar-refractivity contribution in [3.05, 3.63) is 273 Å². The SMILES string of the molecule is c1ccc(-c2cccc(-c3ccccc3)c2N2c3cc(-n4c5ccccc5c5ccccc54)ccc3B3c4ccc(-n5c6ccccc6c6ccccc65)cc4Oc4cc(-n5c6ccccc6c6ccccc65)cc2c43)cc1. The minimum absolute atomic E-state index is 0.180. The Kier molecular flexibility index (Phi) is 9.15. The van der Waals surface area contributed by atoms with E-state index >= 15 is 0 Å². The Labute approximate surface area is 450 Å². The molecule has 78 heavy (non-hydrogen) atoms. The summed E-state index contributed by atoms with van der Waals surface area (Å²) in [6, 6.07) is 100. The molecule has 17 rings (SSSR count).